The van der Waals surface area contributed by atoms with Gasteiger partial charge in [0.2, 0.25) is 0 Å². The lowest BCUT2D eigenvalue weighted by Gasteiger charge is -2.32. The van der Waals surface area contributed by atoms with Crippen LogP contribution in [0.3, 0.4) is 0 Å². The van der Waals surface area contributed by atoms with Crippen LogP contribution in [0, 0.1) is 0 Å². The molecule has 1 aromatic rings. The van der Waals surface area contributed by atoms with E-state index in [1.807, 2.05) is 24.3 Å². The molecule has 0 aromatic carbocycles. The molecule has 17 heavy (non-hydrogen) atoms. The van der Waals surface area contributed by atoms with Crippen molar-refractivity contribution in [2.75, 3.05) is 26.3 Å². The second-order valence-corrected chi connectivity index (χ2v) is 4.39. The van der Waals surface area contributed by atoms with Gasteiger partial charge in [-0.3, -0.25) is 0 Å². The van der Waals surface area contributed by atoms with Crippen LogP contribution in [0.5, 0.6) is 0 Å². The van der Waals surface area contributed by atoms with Crippen LogP contribution in [-0.2, 0) is 4.74 Å². The Labute approximate surface area is 101 Å². The molecule has 0 aliphatic carbocycles. The van der Waals surface area contributed by atoms with E-state index in [9.17, 15) is 5.11 Å². The first-order valence-corrected chi connectivity index (χ1v) is 5.99. The lowest BCUT2D eigenvalue weighted by atomic mass is 9.94. The summed E-state index contributed by atoms with van der Waals surface area (Å²) in [5.41, 5.74) is -0.600. The van der Waals surface area contributed by atoms with Gasteiger partial charge in [-0.1, -0.05) is 6.08 Å². The van der Waals surface area contributed by atoms with E-state index in [-0.39, 0.29) is 0 Å². The first-order valence-electron chi connectivity index (χ1n) is 5.99. The lowest BCUT2D eigenvalue weighted by Crippen LogP contribution is -2.45. The molecule has 1 fully saturated rings. The maximum absolute atomic E-state index is 10.2. The number of aliphatic hydroxyl groups is 1. The molecule has 0 amide bonds. The van der Waals surface area contributed by atoms with Crippen LogP contribution in [0.15, 0.2) is 28.9 Å². The molecule has 0 spiro atoms. The highest BCUT2D eigenvalue weighted by molar-refractivity contribution is 5.42. The normalized spacial score (nSPS) is 19.8. The van der Waals surface area contributed by atoms with Gasteiger partial charge in [-0.2, -0.15) is 0 Å². The maximum atomic E-state index is 10.2. The predicted molar refractivity (Wildman–Crippen MR) is 65.6 cm³/mol. The molecule has 1 saturated heterocycles. The topological polar surface area (TPSA) is 54.6 Å². The molecular formula is C13H19NO3. The van der Waals surface area contributed by atoms with Crippen molar-refractivity contribution in [1.82, 2.24) is 5.32 Å². The molecule has 1 aromatic heterocycles. The highest BCUT2D eigenvalue weighted by atomic mass is 16.5. The van der Waals surface area contributed by atoms with Gasteiger partial charge in [-0.15, -0.1) is 0 Å². The molecule has 2 heterocycles. The highest BCUT2D eigenvalue weighted by Crippen LogP contribution is 2.18. The number of ether oxygens (including phenoxy) is 1. The van der Waals surface area contributed by atoms with Gasteiger partial charge in [-0.25, -0.2) is 0 Å². The Hall–Kier alpha value is -1.10. The standard InChI is InChI=1S/C13H19NO3/c15-13(5-9-16-10-6-13)11-14-7-1-3-12-4-2-8-17-12/h1-4,8,14-15H,5-7,9-11H2/b3-1+. The van der Waals surface area contributed by atoms with E-state index < -0.39 is 5.60 Å². The molecule has 0 radical (unpaired) electrons. The van der Waals surface area contributed by atoms with E-state index in [0.717, 1.165) is 12.3 Å². The minimum absolute atomic E-state index is 0.600. The molecule has 0 saturated carbocycles. The fourth-order valence-corrected chi connectivity index (χ4v) is 1.88. The summed E-state index contributed by atoms with van der Waals surface area (Å²) in [6.07, 6.45) is 6.98. The van der Waals surface area contributed by atoms with Crippen molar-refractivity contribution in [2.45, 2.75) is 18.4 Å². The van der Waals surface area contributed by atoms with Gasteiger partial charge in [0.05, 0.1) is 11.9 Å². The van der Waals surface area contributed by atoms with Crippen molar-refractivity contribution in [3.63, 3.8) is 0 Å². The molecule has 2 N–H and O–H groups in total. The minimum atomic E-state index is -0.600. The summed E-state index contributed by atoms with van der Waals surface area (Å²) in [7, 11) is 0. The number of furan rings is 1. The molecular weight excluding hydrogens is 218 g/mol. The maximum Gasteiger partial charge on any atom is 0.126 e. The van der Waals surface area contributed by atoms with Crippen molar-refractivity contribution >= 4 is 6.08 Å². The Balaban J connectivity index is 1.65. The molecule has 4 nitrogen and oxygen atoms in total. The summed E-state index contributed by atoms with van der Waals surface area (Å²) < 4.78 is 10.4. The summed E-state index contributed by atoms with van der Waals surface area (Å²) >= 11 is 0. The first-order chi connectivity index (χ1) is 8.29. The van der Waals surface area contributed by atoms with Gasteiger partial charge in [0.25, 0.3) is 0 Å². The van der Waals surface area contributed by atoms with Crippen molar-refractivity contribution in [3.05, 3.63) is 30.2 Å². The predicted octanol–water partition coefficient (Wildman–Crippen LogP) is 1.42. The van der Waals surface area contributed by atoms with Gasteiger partial charge in [0.15, 0.2) is 0 Å². The van der Waals surface area contributed by atoms with Crippen molar-refractivity contribution in [3.8, 4) is 0 Å². The van der Waals surface area contributed by atoms with E-state index in [4.69, 9.17) is 9.15 Å². The van der Waals surface area contributed by atoms with Crippen molar-refractivity contribution < 1.29 is 14.3 Å². The fourth-order valence-electron chi connectivity index (χ4n) is 1.88. The van der Waals surface area contributed by atoms with Crippen LogP contribution >= 0.6 is 0 Å². The number of nitrogens with one attached hydrogen (secondary N) is 1. The van der Waals surface area contributed by atoms with Crippen LogP contribution in [0.1, 0.15) is 18.6 Å². The molecule has 1 aliphatic rings. The number of hydrogen-bond acceptors (Lipinski definition) is 4. The zero-order chi connectivity index (χ0) is 12.0. The molecule has 0 unspecified atom stereocenters. The SMILES string of the molecule is OC1(CNC/C=C/c2ccco2)CCOCC1. The van der Waals surface area contributed by atoms with E-state index in [0.29, 0.717) is 32.6 Å². The second-order valence-electron chi connectivity index (χ2n) is 4.39. The quantitative estimate of drug-likeness (QED) is 0.761. The third-order valence-corrected chi connectivity index (χ3v) is 2.97. The third-order valence-electron chi connectivity index (χ3n) is 2.97. The van der Waals surface area contributed by atoms with Gasteiger partial charge >= 0.3 is 0 Å². The van der Waals surface area contributed by atoms with E-state index in [1.165, 1.54) is 0 Å². The Bertz CT molecular complexity index is 340. The Morgan fingerprint density at radius 1 is 1.41 bits per heavy atom. The molecule has 1 aliphatic heterocycles. The molecule has 2 rings (SSSR count). The molecule has 4 heteroatoms. The Morgan fingerprint density at radius 2 is 2.24 bits per heavy atom. The van der Waals surface area contributed by atoms with Crippen molar-refractivity contribution in [2.24, 2.45) is 0 Å². The summed E-state index contributed by atoms with van der Waals surface area (Å²) in [5, 5.41) is 13.4. The van der Waals surface area contributed by atoms with E-state index in [1.54, 1.807) is 6.26 Å². The van der Waals surface area contributed by atoms with Crippen LogP contribution in [0.4, 0.5) is 0 Å². The Kier molecular flexibility index (Phi) is 4.36. The third kappa shape index (κ3) is 4.00. The number of rotatable bonds is 5. The fraction of sp³-hybridized carbons (Fsp3) is 0.538. The summed E-state index contributed by atoms with van der Waals surface area (Å²) in [6.45, 7) is 2.64. The zero-order valence-corrected chi connectivity index (χ0v) is 9.89. The zero-order valence-electron chi connectivity index (χ0n) is 9.89. The second kappa shape index (κ2) is 6.00. The molecule has 94 valence electrons. The van der Waals surface area contributed by atoms with Crippen LogP contribution in [0.25, 0.3) is 6.08 Å². The van der Waals surface area contributed by atoms with E-state index >= 15 is 0 Å². The lowest BCUT2D eigenvalue weighted by molar-refractivity contribution is -0.0610. The monoisotopic (exact) mass is 237 g/mol. The van der Waals surface area contributed by atoms with Gasteiger partial charge in [-0.05, 0) is 18.2 Å². The average Bonchev–Trinajstić information content (AvgIpc) is 2.82. The summed E-state index contributed by atoms with van der Waals surface area (Å²) in [5.74, 6) is 0.844. The number of hydrogen-bond donors (Lipinski definition) is 2. The van der Waals surface area contributed by atoms with Crippen LogP contribution in [-0.4, -0.2) is 37.0 Å². The summed E-state index contributed by atoms with van der Waals surface area (Å²) in [6, 6.07) is 3.76. The highest BCUT2D eigenvalue weighted by Gasteiger charge is 2.28. The smallest absolute Gasteiger partial charge is 0.126 e. The molecule has 0 bridgehead atoms. The molecule has 0 atom stereocenters. The largest absolute Gasteiger partial charge is 0.465 e. The van der Waals surface area contributed by atoms with Crippen molar-refractivity contribution in [1.29, 1.82) is 0 Å². The van der Waals surface area contributed by atoms with Crippen LogP contribution in [0.2, 0.25) is 0 Å². The minimum Gasteiger partial charge on any atom is -0.465 e. The van der Waals surface area contributed by atoms with Crippen LogP contribution < -0.4 is 5.32 Å². The first kappa shape index (κ1) is 12.4. The van der Waals surface area contributed by atoms with E-state index in [2.05, 4.69) is 5.32 Å². The van der Waals surface area contributed by atoms with Gasteiger partial charge in [0, 0.05) is 39.1 Å². The average molecular weight is 237 g/mol. The van der Waals surface area contributed by atoms with Gasteiger partial charge < -0.3 is 19.6 Å². The van der Waals surface area contributed by atoms with Gasteiger partial charge in [0.1, 0.15) is 5.76 Å². The Morgan fingerprint density at radius 3 is 2.94 bits per heavy atom. The summed E-state index contributed by atoms with van der Waals surface area (Å²) in [4.78, 5) is 0.